The summed E-state index contributed by atoms with van der Waals surface area (Å²) in [6.07, 6.45) is 4.30. The Morgan fingerprint density at radius 3 is 2.84 bits per heavy atom. The number of nitrogens with one attached hydrogen (secondary N) is 2. The summed E-state index contributed by atoms with van der Waals surface area (Å²) in [4.78, 5) is 10.4. The molecule has 6 nitrogen and oxygen atoms in total. The van der Waals surface area contributed by atoms with Gasteiger partial charge in [0.25, 0.3) is 0 Å². The lowest BCUT2D eigenvalue weighted by Crippen LogP contribution is -2.38. The van der Waals surface area contributed by atoms with E-state index in [-0.39, 0.29) is 30.1 Å². The Hall–Kier alpha value is -1.39. The summed E-state index contributed by atoms with van der Waals surface area (Å²) in [6.45, 7) is 9.28. The molecule has 0 saturated carbocycles. The second-order valence-electron chi connectivity index (χ2n) is 7.62. The molecule has 2 heterocycles. The van der Waals surface area contributed by atoms with Crippen molar-refractivity contribution in [1.29, 1.82) is 0 Å². The zero-order valence-corrected chi connectivity index (χ0v) is 22.1. The van der Waals surface area contributed by atoms with E-state index in [1.165, 1.54) is 21.1 Å². The Bertz CT molecular complexity index is 850. The Balaban J connectivity index is 0.00000341. The van der Waals surface area contributed by atoms with Crippen molar-refractivity contribution in [2.24, 2.45) is 4.99 Å². The Kier molecular flexibility index (Phi) is 11.0. The van der Waals surface area contributed by atoms with Crippen molar-refractivity contribution >= 4 is 41.3 Å². The first-order valence-corrected chi connectivity index (χ1v) is 11.6. The molecular weight excluding hydrogens is 523 g/mol. The van der Waals surface area contributed by atoms with Crippen LogP contribution in [0.3, 0.4) is 0 Å². The zero-order chi connectivity index (χ0) is 21.3. The third kappa shape index (κ3) is 7.91. The van der Waals surface area contributed by atoms with E-state index >= 15 is 0 Å². The number of rotatable bonds is 9. The number of nitrogens with zero attached hydrogens (tertiary/aromatic N) is 2. The number of benzene rings is 1. The van der Waals surface area contributed by atoms with Gasteiger partial charge in [-0.3, -0.25) is 4.99 Å². The highest BCUT2D eigenvalue weighted by Gasteiger charge is 2.17. The molecule has 0 bridgehead atoms. The normalized spacial score (nSPS) is 16.1. The topological polar surface area (TPSA) is 67.8 Å². The van der Waals surface area contributed by atoms with Crippen molar-refractivity contribution in [3.05, 3.63) is 44.9 Å². The molecule has 3 rings (SSSR count). The van der Waals surface area contributed by atoms with Crippen molar-refractivity contribution in [3.8, 4) is 5.75 Å². The van der Waals surface area contributed by atoms with Gasteiger partial charge in [0.05, 0.1) is 16.8 Å². The molecule has 0 radical (unpaired) electrons. The molecular formula is C23H35IN4O2S. The number of halogens is 1. The smallest absolute Gasteiger partial charge is 0.191 e. The van der Waals surface area contributed by atoms with Crippen LogP contribution in [-0.4, -0.2) is 43.9 Å². The molecule has 172 valence electrons. The monoisotopic (exact) mass is 558 g/mol. The number of aryl methyl sites for hydroxylation is 3. The Morgan fingerprint density at radius 1 is 1.32 bits per heavy atom. The number of aliphatic imine (C=N–C) groups is 1. The maximum Gasteiger partial charge on any atom is 0.191 e. The minimum Gasteiger partial charge on any atom is -0.491 e. The highest BCUT2D eigenvalue weighted by Crippen LogP contribution is 2.22. The molecule has 0 amide bonds. The molecule has 0 aliphatic carbocycles. The van der Waals surface area contributed by atoms with E-state index in [4.69, 9.17) is 14.5 Å². The first-order chi connectivity index (χ1) is 14.6. The van der Waals surface area contributed by atoms with Crippen LogP contribution in [0.25, 0.3) is 0 Å². The molecule has 1 aliphatic heterocycles. The standard InChI is InChI=1S/C23H34N4O2S.HI/c1-5-20-17(3)30-22(27-20)10-11-25-23(24-4)26-14-18-9-8-16(2)13-21(18)29-15-19-7-6-12-28-19;/h8-9,13,19H,5-7,10-12,14-15H2,1-4H3,(H2,24,25,26);1H. The minimum atomic E-state index is 0. The number of thiazole rings is 1. The van der Waals surface area contributed by atoms with Gasteiger partial charge in [-0.15, -0.1) is 35.3 Å². The number of aromatic nitrogens is 1. The minimum absolute atomic E-state index is 0. The predicted octanol–water partition coefficient (Wildman–Crippen LogP) is 4.41. The third-order valence-electron chi connectivity index (χ3n) is 5.24. The molecule has 1 saturated heterocycles. The van der Waals surface area contributed by atoms with Gasteiger partial charge in [-0.2, -0.15) is 0 Å². The Labute approximate surface area is 207 Å². The first-order valence-electron chi connectivity index (χ1n) is 10.8. The van der Waals surface area contributed by atoms with Gasteiger partial charge in [0.2, 0.25) is 0 Å². The fourth-order valence-corrected chi connectivity index (χ4v) is 4.53. The average molecular weight is 559 g/mol. The molecule has 1 aliphatic rings. The fraction of sp³-hybridized carbons (Fsp3) is 0.565. The van der Waals surface area contributed by atoms with Gasteiger partial charge < -0.3 is 20.1 Å². The van der Waals surface area contributed by atoms with Crippen LogP contribution in [0, 0.1) is 13.8 Å². The van der Waals surface area contributed by atoms with Crippen LogP contribution < -0.4 is 15.4 Å². The molecule has 1 aromatic carbocycles. The summed E-state index contributed by atoms with van der Waals surface area (Å²) in [7, 11) is 1.79. The van der Waals surface area contributed by atoms with Gasteiger partial charge in [0.15, 0.2) is 5.96 Å². The summed E-state index contributed by atoms with van der Waals surface area (Å²) in [5.41, 5.74) is 3.52. The third-order valence-corrected chi connectivity index (χ3v) is 6.32. The highest BCUT2D eigenvalue weighted by atomic mass is 127. The maximum atomic E-state index is 6.10. The van der Waals surface area contributed by atoms with Crippen molar-refractivity contribution in [2.45, 2.75) is 59.1 Å². The molecule has 2 N–H and O–H groups in total. The van der Waals surface area contributed by atoms with Gasteiger partial charge in [0, 0.05) is 43.6 Å². The quantitative estimate of drug-likeness (QED) is 0.271. The van der Waals surface area contributed by atoms with Crippen LogP contribution in [0.1, 0.15) is 46.5 Å². The lowest BCUT2D eigenvalue weighted by molar-refractivity contribution is 0.0676. The van der Waals surface area contributed by atoms with Gasteiger partial charge in [-0.1, -0.05) is 19.1 Å². The maximum absolute atomic E-state index is 6.10. The van der Waals surface area contributed by atoms with Gasteiger partial charge >= 0.3 is 0 Å². The van der Waals surface area contributed by atoms with Gasteiger partial charge in [0.1, 0.15) is 12.4 Å². The molecule has 1 fully saturated rings. The van der Waals surface area contributed by atoms with Crippen molar-refractivity contribution < 1.29 is 9.47 Å². The van der Waals surface area contributed by atoms with Crippen LogP contribution >= 0.6 is 35.3 Å². The lowest BCUT2D eigenvalue weighted by atomic mass is 10.1. The van der Waals surface area contributed by atoms with Crippen LogP contribution in [0.4, 0.5) is 0 Å². The van der Waals surface area contributed by atoms with Gasteiger partial charge in [-0.25, -0.2) is 4.98 Å². The van der Waals surface area contributed by atoms with Crippen LogP contribution in [0.15, 0.2) is 23.2 Å². The molecule has 8 heteroatoms. The fourth-order valence-electron chi connectivity index (χ4n) is 3.51. The summed E-state index contributed by atoms with van der Waals surface area (Å²) in [6, 6.07) is 6.32. The summed E-state index contributed by atoms with van der Waals surface area (Å²) in [5.74, 6) is 1.70. The van der Waals surface area contributed by atoms with Crippen molar-refractivity contribution in [1.82, 2.24) is 15.6 Å². The van der Waals surface area contributed by atoms with Crippen LogP contribution in [0.5, 0.6) is 5.75 Å². The second kappa shape index (κ2) is 13.2. The molecule has 1 atom stereocenters. The van der Waals surface area contributed by atoms with E-state index in [9.17, 15) is 0 Å². The number of guanidine groups is 1. The molecule has 31 heavy (non-hydrogen) atoms. The van der Waals surface area contributed by atoms with E-state index in [1.807, 2.05) is 0 Å². The average Bonchev–Trinajstić information content (AvgIpc) is 3.39. The summed E-state index contributed by atoms with van der Waals surface area (Å²) in [5, 5.41) is 7.96. The summed E-state index contributed by atoms with van der Waals surface area (Å²) >= 11 is 1.79. The van der Waals surface area contributed by atoms with E-state index in [2.05, 4.69) is 54.6 Å². The molecule has 1 unspecified atom stereocenters. The van der Waals surface area contributed by atoms with Crippen LogP contribution in [0.2, 0.25) is 0 Å². The SMILES string of the molecule is CCc1nc(CCNC(=NC)NCc2ccc(C)cc2OCC2CCCO2)sc1C.I. The first kappa shape index (κ1) is 25.9. The van der Waals surface area contributed by atoms with E-state index in [0.29, 0.717) is 13.2 Å². The van der Waals surface area contributed by atoms with E-state index in [0.717, 1.165) is 56.1 Å². The number of hydrogen-bond acceptors (Lipinski definition) is 5. The Morgan fingerprint density at radius 2 is 2.16 bits per heavy atom. The van der Waals surface area contributed by atoms with Crippen molar-refractivity contribution in [3.63, 3.8) is 0 Å². The molecule has 0 spiro atoms. The summed E-state index contributed by atoms with van der Waals surface area (Å²) < 4.78 is 11.8. The second-order valence-corrected chi connectivity index (χ2v) is 8.91. The van der Waals surface area contributed by atoms with Gasteiger partial charge in [-0.05, 0) is 44.7 Å². The lowest BCUT2D eigenvalue weighted by Gasteiger charge is -2.17. The van der Waals surface area contributed by atoms with Crippen LogP contribution in [-0.2, 0) is 24.1 Å². The molecule has 2 aromatic rings. The van der Waals surface area contributed by atoms with E-state index in [1.54, 1.807) is 18.4 Å². The highest BCUT2D eigenvalue weighted by molar-refractivity contribution is 14.0. The zero-order valence-electron chi connectivity index (χ0n) is 19.0. The number of ether oxygens (including phenoxy) is 2. The molecule has 1 aromatic heterocycles. The van der Waals surface area contributed by atoms with Crippen molar-refractivity contribution in [2.75, 3.05) is 26.8 Å². The van der Waals surface area contributed by atoms with E-state index < -0.39 is 0 Å². The largest absolute Gasteiger partial charge is 0.491 e. The predicted molar refractivity (Wildman–Crippen MR) is 139 cm³/mol. The number of hydrogen-bond donors (Lipinski definition) is 2.